The average molecular weight is 482 g/mol. The number of hydrogen-bond donors (Lipinski definition) is 3. The van der Waals surface area contributed by atoms with Gasteiger partial charge in [0.2, 0.25) is 0 Å². The van der Waals surface area contributed by atoms with E-state index >= 15 is 0 Å². The Balaban J connectivity index is 0. The molecule has 0 aliphatic heterocycles. The maximum Gasteiger partial charge on any atom is 2.00 e. The monoisotopic (exact) mass is 481 g/mol. The van der Waals surface area contributed by atoms with E-state index < -0.39 is 5.97 Å². The van der Waals surface area contributed by atoms with Gasteiger partial charge in [0.25, 0.3) is 0 Å². The summed E-state index contributed by atoms with van der Waals surface area (Å²) in [6.07, 6.45) is 9.33. The van der Waals surface area contributed by atoms with Gasteiger partial charge in [-0.2, -0.15) is 0 Å². The number of nitrogens with two attached hydrogens (primary N) is 2. The van der Waals surface area contributed by atoms with Crippen LogP contribution in [0.3, 0.4) is 0 Å². The first kappa shape index (κ1) is 23.3. The summed E-state index contributed by atoms with van der Waals surface area (Å²) in [5, 5.41) is 8.37. The SMILES string of the molecule is CC(C)(C)CCCCCC(=O)O.NC1CCCCC1N.[Pt+2]. The summed E-state index contributed by atoms with van der Waals surface area (Å²) < 4.78 is 0. The van der Waals surface area contributed by atoms with Crippen molar-refractivity contribution in [1.82, 2.24) is 0 Å². The second kappa shape index (κ2) is 12.6. The van der Waals surface area contributed by atoms with Gasteiger partial charge in [0.05, 0.1) is 0 Å². The summed E-state index contributed by atoms with van der Waals surface area (Å²) in [5.74, 6) is -0.675. The van der Waals surface area contributed by atoms with Crippen molar-refractivity contribution in [2.45, 2.75) is 90.6 Å². The quantitative estimate of drug-likeness (QED) is 0.526. The molecule has 0 bridgehead atoms. The van der Waals surface area contributed by atoms with Crippen LogP contribution in [0.5, 0.6) is 0 Å². The van der Waals surface area contributed by atoms with Crippen LogP contribution in [0.1, 0.15) is 78.6 Å². The molecule has 5 N–H and O–H groups in total. The minimum absolute atomic E-state index is 0. The molecule has 1 saturated carbocycles. The summed E-state index contributed by atoms with van der Waals surface area (Å²) >= 11 is 0. The second-order valence-corrected chi connectivity index (χ2v) is 7.13. The Morgan fingerprint density at radius 3 is 1.86 bits per heavy atom. The Kier molecular flexibility index (Phi) is 14.0. The number of aliphatic carboxylic acids is 1. The number of carbonyl (C=O) groups is 1. The normalized spacial score (nSPS) is 21.8. The van der Waals surface area contributed by atoms with Gasteiger partial charge in [-0.15, -0.1) is 0 Å². The summed E-state index contributed by atoms with van der Waals surface area (Å²) in [7, 11) is 0. The maximum atomic E-state index is 10.2. The van der Waals surface area contributed by atoms with E-state index in [1.807, 2.05) is 0 Å². The van der Waals surface area contributed by atoms with Gasteiger partial charge >= 0.3 is 27.0 Å². The molecule has 4 nitrogen and oxygen atoms in total. The molecule has 128 valence electrons. The Bertz CT molecular complexity index is 257. The van der Waals surface area contributed by atoms with E-state index in [1.165, 1.54) is 19.3 Å². The fraction of sp³-hybridized carbons (Fsp3) is 0.938. The first-order chi connectivity index (χ1) is 9.22. The minimum atomic E-state index is -0.675. The van der Waals surface area contributed by atoms with E-state index in [9.17, 15) is 4.79 Å². The third-order valence-corrected chi connectivity index (χ3v) is 3.69. The Morgan fingerprint density at radius 2 is 1.52 bits per heavy atom. The van der Waals surface area contributed by atoms with Crippen LogP contribution in [0.4, 0.5) is 0 Å². The number of carboxylic acid groups (broad SMARTS) is 1. The number of rotatable bonds is 5. The summed E-state index contributed by atoms with van der Waals surface area (Å²) in [6.45, 7) is 6.64. The van der Waals surface area contributed by atoms with Crippen molar-refractivity contribution in [3.63, 3.8) is 0 Å². The zero-order valence-corrected chi connectivity index (χ0v) is 16.1. The number of hydrogen-bond acceptors (Lipinski definition) is 3. The third-order valence-electron chi connectivity index (χ3n) is 3.69. The Hall–Kier alpha value is 0.0783. The fourth-order valence-electron chi connectivity index (χ4n) is 2.30. The molecular formula is C16H34N2O2Pt+2. The first-order valence-corrected chi connectivity index (χ1v) is 7.95. The topological polar surface area (TPSA) is 89.3 Å². The van der Waals surface area contributed by atoms with Gasteiger partial charge in [0, 0.05) is 18.5 Å². The second-order valence-electron chi connectivity index (χ2n) is 7.13. The molecule has 1 rings (SSSR count). The van der Waals surface area contributed by atoms with Crippen molar-refractivity contribution in [1.29, 1.82) is 0 Å². The van der Waals surface area contributed by atoms with Crippen molar-refractivity contribution in [2.24, 2.45) is 16.9 Å². The zero-order chi connectivity index (χ0) is 15.6. The number of carboxylic acids is 1. The van der Waals surface area contributed by atoms with Crippen LogP contribution in [0, 0.1) is 5.41 Å². The standard InChI is InChI=1S/C10H20O2.C6H14N2.Pt/c1-10(2,3)8-6-4-5-7-9(11)12;7-5-3-1-2-4-6(5)8;/h4-8H2,1-3H3,(H,11,12);5-6H,1-4,7-8H2;/q;;+2. The average Bonchev–Trinajstić information content (AvgIpc) is 2.31. The van der Waals surface area contributed by atoms with Crippen LogP contribution in [0.25, 0.3) is 0 Å². The van der Waals surface area contributed by atoms with Gasteiger partial charge in [0.1, 0.15) is 0 Å². The molecule has 0 saturated heterocycles. The van der Waals surface area contributed by atoms with Crippen LogP contribution in [-0.4, -0.2) is 23.2 Å². The van der Waals surface area contributed by atoms with E-state index in [4.69, 9.17) is 16.6 Å². The molecule has 0 aromatic heterocycles. The smallest absolute Gasteiger partial charge is 0.481 e. The Labute approximate surface area is 144 Å². The largest absolute Gasteiger partial charge is 2.00 e. The van der Waals surface area contributed by atoms with Crippen molar-refractivity contribution in [3.8, 4) is 0 Å². The summed E-state index contributed by atoms with van der Waals surface area (Å²) in [5.41, 5.74) is 11.7. The molecule has 5 heteroatoms. The predicted octanol–water partition coefficient (Wildman–Crippen LogP) is 3.28. The molecular weight excluding hydrogens is 447 g/mol. The third kappa shape index (κ3) is 16.3. The van der Waals surface area contributed by atoms with E-state index in [-0.39, 0.29) is 33.1 Å². The molecule has 0 heterocycles. The summed E-state index contributed by atoms with van der Waals surface area (Å²) in [6, 6.07) is 0.562. The van der Waals surface area contributed by atoms with E-state index in [0.29, 0.717) is 11.8 Å². The minimum Gasteiger partial charge on any atom is -0.481 e. The Morgan fingerprint density at radius 1 is 1.05 bits per heavy atom. The predicted molar refractivity (Wildman–Crippen MR) is 84.6 cm³/mol. The van der Waals surface area contributed by atoms with E-state index in [2.05, 4.69) is 20.8 Å². The van der Waals surface area contributed by atoms with Crippen molar-refractivity contribution < 1.29 is 31.0 Å². The number of unbranched alkanes of at least 4 members (excludes halogenated alkanes) is 2. The molecule has 1 aliphatic rings. The van der Waals surface area contributed by atoms with E-state index in [1.54, 1.807) is 0 Å². The van der Waals surface area contributed by atoms with Gasteiger partial charge < -0.3 is 16.6 Å². The molecule has 21 heavy (non-hydrogen) atoms. The molecule has 0 spiro atoms. The van der Waals surface area contributed by atoms with Gasteiger partial charge in [-0.05, 0) is 31.1 Å². The van der Waals surface area contributed by atoms with Gasteiger partial charge in [-0.25, -0.2) is 0 Å². The molecule has 0 radical (unpaired) electrons. The molecule has 0 amide bonds. The molecule has 1 aliphatic carbocycles. The summed E-state index contributed by atoms with van der Waals surface area (Å²) in [4.78, 5) is 10.2. The first-order valence-electron chi connectivity index (χ1n) is 7.95. The zero-order valence-electron chi connectivity index (χ0n) is 13.8. The van der Waals surface area contributed by atoms with Crippen molar-refractivity contribution >= 4 is 5.97 Å². The van der Waals surface area contributed by atoms with Crippen LogP contribution in [0.15, 0.2) is 0 Å². The van der Waals surface area contributed by atoms with Crippen LogP contribution in [-0.2, 0) is 25.9 Å². The molecule has 1 fully saturated rings. The van der Waals surface area contributed by atoms with Crippen LogP contribution >= 0.6 is 0 Å². The fourth-order valence-corrected chi connectivity index (χ4v) is 2.30. The molecule has 0 aromatic carbocycles. The van der Waals surface area contributed by atoms with Crippen molar-refractivity contribution in [2.75, 3.05) is 0 Å². The van der Waals surface area contributed by atoms with Gasteiger partial charge in [0.15, 0.2) is 0 Å². The molecule has 2 atom stereocenters. The maximum absolute atomic E-state index is 10.2. The van der Waals surface area contributed by atoms with Crippen molar-refractivity contribution in [3.05, 3.63) is 0 Å². The molecule has 0 aromatic rings. The van der Waals surface area contributed by atoms with Crippen LogP contribution < -0.4 is 11.5 Å². The molecule has 2 unspecified atom stereocenters. The van der Waals surface area contributed by atoms with E-state index in [0.717, 1.165) is 32.1 Å². The van der Waals surface area contributed by atoms with Gasteiger partial charge in [-0.1, -0.05) is 46.5 Å². The van der Waals surface area contributed by atoms with Gasteiger partial charge in [-0.3, -0.25) is 4.79 Å². The van der Waals surface area contributed by atoms with Crippen LogP contribution in [0.2, 0.25) is 0 Å².